The number of anilines is 1. The zero-order valence-corrected chi connectivity index (χ0v) is 15.5. The van der Waals surface area contributed by atoms with E-state index in [9.17, 15) is 14.0 Å². The molecule has 2 aromatic carbocycles. The molecule has 0 bridgehead atoms. The fourth-order valence-corrected chi connectivity index (χ4v) is 2.67. The number of nitrogens with zero attached hydrogens (tertiary/aromatic N) is 1. The van der Waals surface area contributed by atoms with Gasteiger partial charge in [-0.25, -0.2) is 9.18 Å². The Morgan fingerprint density at radius 3 is 2.35 bits per heavy atom. The van der Waals surface area contributed by atoms with Crippen molar-refractivity contribution in [2.45, 2.75) is 11.8 Å². The van der Waals surface area contributed by atoms with E-state index in [1.807, 2.05) is 30.5 Å². The highest BCUT2D eigenvalue weighted by atomic mass is 32.2. The fraction of sp³-hybridized carbons (Fsp3) is 0.200. The number of rotatable bonds is 7. The van der Waals surface area contributed by atoms with Crippen LogP contribution in [0.1, 0.15) is 12.5 Å². The molecule has 0 heterocycles. The summed E-state index contributed by atoms with van der Waals surface area (Å²) in [5.41, 5.74) is 1.42. The first-order chi connectivity index (χ1) is 12.5. The van der Waals surface area contributed by atoms with Crippen molar-refractivity contribution >= 4 is 35.4 Å². The van der Waals surface area contributed by atoms with Crippen LogP contribution in [-0.2, 0) is 14.3 Å². The molecule has 0 saturated heterocycles. The summed E-state index contributed by atoms with van der Waals surface area (Å²) < 4.78 is 18.0. The van der Waals surface area contributed by atoms with Crippen molar-refractivity contribution in [3.05, 3.63) is 66.0 Å². The number of hydrogen-bond donors (Lipinski definition) is 0. The second-order valence-corrected chi connectivity index (χ2v) is 6.21. The largest absolute Gasteiger partial charge is 0.452 e. The van der Waals surface area contributed by atoms with Crippen molar-refractivity contribution in [2.24, 2.45) is 0 Å². The zero-order valence-electron chi connectivity index (χ0n) is 14.6. The normalized spacial score (nSPS) is 10.7. The van der Waals surface area contributed by atoms with E-state index in [4.69, 9.17) is 4.74 Å². The first kappa shape index (κ1) is 19.7. The number of benzene rings is 2. The van der Waals surface area contributed by atoms with E-state index >= 15 is 0 Å². The Morgan fingerprint density at radius 1 is 1.12 bits per heavy atom. The molecule has 0 atom stereocenters. The molecular formula is C20H20FNO3S. The van der Waals surface area contributed by atoms with E-state index in [1.54, 1.807) is 24.8 Å². The van der Waals surface area contributed by atoms with Gasteiger partial charge in [-0.05, 0) is 61.2 Å². The van der Waals surface area contributed by atoms with E-state index < -0.39 is 5.97 Å². The van der Waals surface area contributed by atoms with Crippen LogP contribution in [0.25, 0.3) is 6.08 Å². The maximum Gasteiger partial charge on any atom is 0.331 e. The van der Waals surface area contributed by atoms with Gasteiger partial charge in [-0.3, -0.25) is 4.79 Å². The van der Waals surface area contributed by atoms with E-state index in [-0.39, 0.29) is 18.3 Å². The lowest BCUT2D eigenvalue weighted by Gasteiger charge is -2.20. The standard InChI is InChI=1S/C20H20FNO3S/c1-3-22(17-9-7-16(21)8-10-17)19(23)14-25-20(24)13-6-15-4-11-18(26-2)12-5-15/h4-13H,3,14H2,1-2H3/b13-6+. The minimum Gasteiger partial charge on any atom is -0.452 e. The summed E-state index contributed by atoms with van der Waals surface area (Å²) in [6.45, 7) is 1.81. The third kappa shape index (κ3) is 5.74. The Morgan fingerprint density at radius 2 is 1.77 bits per heavy atom. The quantitative estimate of drug-likeness (QED) is 0.415. The predicted octanol–water partition coefficient (Wildman–Crippen LogP) is 4.16. The Kier molecular flexibility index (Phi) is 7.41. The van der Waals surface area contributed by atoms with Crippen molar-refractivity contribution in [2.75, 3.05) is 24.3 Å². The number of likely N-dealkylation sites (N-methyl/N-ethyl adjacent to an activating group) is 1. The third-order valence-corrected chi connectivity index (χ3v) is 4.36. The van der Waals surface area contributed by atoms with Crippen LogP contribution in [0, 0.1) is 5.82 Å². The van der Waals surface area contributed by atoms with Crippen molar-refractivity contribution in [3.8, 4) is 0 Å². The van der Waals surface area contributed by atoms with Crippen LogP contribution in [0.2, 0.25) is 0 Å². The van der Waals surface area contributed by atoms with Gasteiger partial charge in [-0.15, -0.1) is 11.8 Å². The Bertz CT molecular complexity index is 773. The van der Waals surface area contributed by atoms with Gasteiger partial charge in [0.1, 0.15) is 5.82 Å². The number of esters is 1. The number of carbonyl (C=O) groups is 2. The minimum absolute atomic E-state index is 0.370. The topological polar surface area (TPSA) is 46.6 Å². The van der Waals surface area contributed by atoms with Crippen LogP contribution in [-0.4, -0.2) is 31.3 Å². The first-order valence-electron chi connectivity index (χ1n) is 8.08. The monoisotopic (exact) mass is 373 g/mol. The van der Waals surface area contributed by atoms with Gasteiger partial charge in [-0.2, -0.15) is 0 Å². The molecule has 0 fully saturated rings. The molecule has 1 amide bonds. The zero-order chi connectivity index (χ0) is 18.9. The summed E-state index contributed by atoms with van der Waals surface area (Å²) >= 11 is 1.64. The summed E-state index contributed by atoms with van der Waals surface area (Å²) in [7, 11) is 0. The molecule has 6 heteroatoms. The molecular weight excluding hydrogens is 353 g/mol. The highest BCUT2D eigenvalue weighted by Crippen LogP contribution is 2.16. The molecule has 0 aliphatic heterocycles. The van der Waals surface area contributed by atoms with Gasteiger partial charge in [0.05, 0.1) is 0 Å². The molecule has 136 valence electrons. The smallest absolute Gasteiger partial charge is 0.331 e. The molecule has 0 aromatic heterocycles. The van der Waals surface area contributed by atoms with Crippen molar-refractivity contribution in [3.63, 3.8) is 0 Å². The predicted molar refractivity (Wildman–Crippen MR) is 103 cm³/mol. The number of halogens is 1. The molecule has 2 aromatic rings. The van der Waals surface area contributed by atoms with E-state index in [1.165, 1.54) is 35.2 Å². The lowest BCUT2D eigenvalue weighted by molar-refractivity contribution is -0.142. The summed E-state index contributed by atoms with van der Waals surface area (Å²) in [6.07, 6.45) is 4.91. The van der Waals surface area contributed by atoms with E-state index in [2.05, 4.69) is 0 Å². The van der Waals surface area contributed by atoms with Gasteiger partial charge in [0.25, 0.3) is 5.91 Å². The Hall–Kier alpha value is -2.60. The number of hydrogen-bond acceptors (Lipinski definition) is 4. The molecule has 0 N–H and O–H groups in total. The minimum atomic E-state index is -0.595. The molecule has 0 radical (unpaired) electrons. The Balaban J connectivity index is 1.89. The molecule has 0 aliphatic carbocycles. The molecule has 0 spiro atoms. The van der Waals surface area contributed by atoms with Crippen molar-refractivity contribution in [1.29, 1.82) is 0 Å². The van der Waals surface area contributed by atoms with Gasteiger partial charge in [0.15, 0.2) is 6.61 Å². The summed E-state index contributed by atoms with van der Waals surface area (Å²) in [5.74, 6) is -1.34. The van der Waals surface area contributed by atoms with Gasteiger partial charge in [0, 0.05) is 23.2 Å². The molecule has 4 nitrogen and oxygen atoms in total. The molecule has 26 heavy (non-hydrogen) atoms. The maximum absolute atomic E-state index is 13.0. The van der Waals surface area contributed by atoms with Gasteiger partial charge < -0.3 is 9.64 Å². The van der Waals surface area contributed by atoms with Crippen LogP contribution < -0.4 is 4.90 Å². The second-order valence-electron chi connectivity index (χ2n) is 5.33. The molecule has 0 unspecified atom stereocenters. The second kappa shape index (κ2) is 9.77. The molecule has 2 rings (SSSR count). The average Bonchev–Trinajstić information content (AvgIpc) is 2.67. The van der Waals surface area contributed by atoms with Crippen LogP contribution in [0.4, 0.5) is 10.1 Å². The van der Waals surface area contributed by atoms with Gasteiger partial charge in [-0.1, -0.05) is 12.1 Å². The van der Waals surface area contributed by atoms with Crippen molar-refractivity contribution < 1.29 is 18.7 Å². The van der Waals surface area contributed by atoms with Crippen molar-refractivity contribution in [1.82, 2.24) is 0 Å². The number of carbonyl (C=O) groups excluding carboxylic acids is 2. The first-order valence-corrected chi connectivity index (χ1v) is 9.30. The SMILES string of the molecule is CCN(C(=O)COC(=O)/C=C/c1ccc(SC)cc1)c1ccc(F)cc1. The summed E-state index contributed by atoms with van der Waals surface area (Å²) in [5, 5.41) is 0. The van der Waals surface area contributed by atoms with Crippen LogP contribution in [0.15, 0.2) is 59.5 Å². The summed E-state index contributed by atoms with van der Waals surface area (Å²) in [4.78, 5) is 26.6. The lowest BCUT2D eigenvalue weighted by atomic mass is 10.2. The Labute approximate surface area is 156 Å². The summed E-state index contributed by atoms with van der Waals surface area (Å²) in [6, 6.07) is 13.3. The third-order valence-electron chi connectivity index (χ3n) is 3.62. The number of amides is 1. The van der Waals surface area contributed by atoms with Crippen LogP contribution in [0.3, 0.4) is 0 Å². The molecule has 0 aliphatic rings. The number of thioether (sulfide) groups is 1. The van der Waals surface area contributed by atoms with Gasteiger partial charge in [0.2, 0.25) is 0 Å². The highest BCUT2D eigenvalue weighted by Gasteiger charge is 2.15. The molecule has 0 saturated carbocycles. The fourth-order valence-electron chi connectivity index (χ4n) is 2.26. The lowest BCUT2D eigenvalue weighted by Crippen LogP contribution is -2.34. The van der Waals surface area contributed by atoms with Crippen LogP contribution in [0.5, 0.6) is 0 Å². The average molecular weight is 373 g/mol. The van der Waals surface area contributed by atoms with E-state index in [0.717, 1.165) is 10.5 Å². The maximum atomic E-state index is 13.0. The highest BCUT2D eigenvalue weighted by molar-refractivity contribution is 7.98. The number of ether oxygens (including phenoxy) is 1. The van der Waals surface area contributed by atoms with Crippen LogP contribution >= 0.6 is 11.8 Å². The van der Waals surface area contributed by atoms with Gasteiger partial charge >= 0.3 is 5.97 Å². The van der Waals surface area contributed by atoms with E-state index in [0.29, 0.717) is 12.2 Å².